The number of rotatable bonds is 6. The minimum atomic E-state index is 0.379. The summed E-state index contributed by atoms with van der Waals surface area (Å²) in [5.41, 5.74) is 11.4. The molecule has 2 atom stereocenters. The zero-order valence-corrected chi connectivity index (χ0v) is 29.6. The lowest BCUT2D eigenvalue weighted by atomic mass is 9.84. The third-order valence-corrected chi connectivity index (χ3v) is 11.8. The number of para-hydroxylation sites is 1. The van der Waals surface area contributed by atoms with Crippen LogP contribution in [0.15, 0.2) is 186 Å². The van der Waals surface area contributed by atoms with Crippen LogP contribution in [0, 0.1) is 5.92 Å². The molecule has 9 aromatic rings. The van der Waals surface area contributed by atoms with Crippen molar-refractivity contribution in [1.29, 1.82) is 0 Å². The van der Waals surface area contributed by atoms with Gasteiger partial charge in [-0.3, -0.25) is 0 Å². The molecule has 2 heterocycles. The van der Waals surface area contributed by atoms with Crippen molar-refractivity contribution in [3.63, 3.8) is 0 Å². The highest BCUT2D eigenvalue weighted by molar-refractivity contribution is 7.26. The first kappa shape index (κ1) is 30.6. The molecule has 1 aliphatic rings. The molecule has 0 amide bonds. The van der Waals surface area contributed by atoms with Crippen LogP contribution in [0.1, 0.15) is 18.4 Å². The molecule has 0 aliphatic heterocycles. The lowest BCUT2D eigenvalue weighted by Gasteiger charge is -2.27. The summed E-state index contributed by atoms with van der Waals surface area (Å²) in [6.45, 7) is 2.29. The number of hydrogen-bond acceptors (Lipinski definition) is 3. The zero-order chi connectivity index (χ0) is 34.6. The molecule has 0 radical (unpaired) electrons. The molecule has 2 unspecified atom stereocenters. The van der Waals surface area contributed by atoms with E-state index in [1.54, 1.807) is 0 Å². The molecule has 0 fully saturated rings. The molecule has 0 bridgehead atoms. The molecule has 0 N–H and O–H groups in total. The van der Waals surface area contributed by atoms with Gasteiger partial charge in [-0.05, 0) is 88.3 Å². The lowest BCUT2D eigenvalue weighted by molar-refractivity contribution is 0.635. The maximum Gasteiger partial charge on any atom is 0.135 e. The van der Waals surface area contributed by atoms with Crippen molar-refractivity contribution in [2.24, 2.45) is 5.92 Å². The highest BCUT2D eigenvalue weighted by atomic mass is 32.1. The molecule has 52 heavy (non-hydrogen) atoms. The van der Waals surface area contributed by atoms with Crippen molar-refractivity contribution in [2.45, 2.75) is 12.8 Å². The van der Waals surface area contributed by atoms with E-state index in [0.717, 1.165) is 39.0 Å². The molecule has 0 spiro atoms. The first-order chi connectivity index (χ1) is 25.7. The highest BCUT2D eigenvalue weighted by Gasteiger charge is 2.19. The molecule has 10 rings (SSSR count). The summed E-state index contributed by atoms with van der Waals surface area (Å²) in [6, 6.07) is 57.3. The normalized spacial score (nSPS) is 15.6. The molecule has 1 aliphatic carbocycles. The average Bonchev–Trinajstić information content (AvgIpc) is 3.77. The van der Waals surface area contributed by atoms with E-state index in [1.165, 1.54) is 48.0 Å². The summed E-state index contributed by atoms with van der Waals surface area (Å²) in [5.74, 6) is 0.847. The van der Waals surface area contributed by atoms with Gasteiger partial charge >= 0.3 is 0 Å². The molecule has 2 aromatic heterocycles. The predicted molar refractivity (Wildman–Crippen MR) is 222 cm³/mol. The first-order valence-corrected chi connectivity index (χ1v) is 18.8. The number of hydrogen-bond donors (Lipinski definition) is 0. The van der Waals surface area contributed by atoms with Crippen LogP contribution >= 0.6 is 11.3 Å². The molecule has 0 saturated carbocycles. The molecular formula is C49H35NOS. The third-order valence-electron chi connectivity index (χ3n) is 10.6. The van der Waals surface area contributed by atoms with Crippen LogP contribution in [0.25, 0.3) is 64.4 Å². The molecule has 7 aromatic carbocycles. The first-order valence-electron chi connectivity index (χ1n) is 18.0. The second-order valence-corrected chi connectivity index (χ2v) is 14.8. The summed E-state index contributed by atoms with van der Waals surface area (Å²) >= 11 is 1.88. The lowest BCUT2D eigenvalue weighted by Crippen LogP contribution is -2.11. The maximum absolute atomic E-state index is 6.20. The van der Waals surface area contributed by atoms with Crippen LogP contribution in [0.3, 0.4) is 0 Å². The number of furan rings is 1. The van der Waals surface area contributed by atoms with Crippen molar-refractivity contribution in [2.75, 3.05) is 4.90 Å². The number of thiophene rings is 1. The Morgan fingerprint density at radius 2 is 1.12 bits per heavy atom. The Kier molecular flexibility index (Phi) is 7.40. The summed E-state index contributed by atoms with van der Waals surface area (Å²) < 4.78 is 8.87. The van der Waals surface area contributed by atoms with Crippen LogP contribution in [-0.2, 0) is 0 Å². The Balaban J connectivity index is 1.01. The van der Waals surface area contributed by atoms with Gasteiger partial charge in [0.2, 0.25) is 0 Å². The van der Waals surface area contributed by atoms with Crippen molar-refractivity contribution in [3.05, 3.63) is 188 Å². The molecule has 2 nitrogen and oxygen atoms in total. The molecule has 248 valence electrons. The quantitative estimate of drug-likeness (QED) is 0.173. The Bertz CT molecular complexity index is 2800. The second kappa shape index (κ2) is 12.6. The summed E-state index contributed by atoms with van der Waals surface area (Å²) in [6.07, 6.45) is 8.91. The number of fused-ring (bicyclic) bond motifs is 6. The van der Waals surface area contributed by atoms with E-state index < -0.39 is 0 Å². The van der Waals surface area contributed by atoms with Gasteiger partial charge in [0.15, 0.2) is 0 Å². The standard InChI is InChI=1S/C49H35NOS/c1-32-9-2-3-10-40(32)35-23-27-38(28-24-35)50(39-29-30-47-45(31-39)42-11-4-6-15-46(42)51-47)37-25-21-34(22-26-37)33-17-19-36(20-18-33)41-13-8-14-44-43-12-5-7-16-48(43)52-49(41)44/h2-32,40H,1H3. The van der Waals surface area contributed by atoms with Gasteiger partial charge in [0.25, 0.3) is 0 Å². The zero-order valence-electron chi connectivity index (χ0n) is 28.7. The van der Waals surface area contributed by atoms with Gasteiger partial charge < -0.3 is 9.32 Å². The predicted octanol–water partition coefficient (Wildman–Crippen LogP) is 14.6. The Morgan fingerprint density at radius 3 is 1.90 bits per heavy atom. The second-order valence-electron chi connectivity index (χ2n) is 13.8. The van der Waals surface area contributed by atoms with Gasteiger partial charge in [0.05, 0.1) is 0 Å². The van der Waals surface area contributed by atoms with Crippen LogP contribution in [0.5, 0.6) is 0 Å². The van der Waals surface area contributed by atoms with Crippen molar-refractivity contribution < 1.29 is 4.42 Å². The van der Waals surface area contributed by atoms with Gasteiger partial charge in [0, 0.05) is 53.9 Å². The van der Waals surface area contributed by atoms with E-state index in [4.69, 9.17) is 4.42 Å². The summed E-state index contributed by atoms with van der Waals surface area (Å²) in [5, 5.41) is 4.90. The fourth-order valence-corrected chi connectivity index (χ4v) is 9.14. The van der Waals surface area contributed by atoms with Gasteiger partial charge in [-0.2, -0.15) is 0 Å². The van der Waals surface area contributed by atoms with Crippen LogP contribution < -0.4 is 4.90 Å². The van der Waals surface area contributed by atoms with Crippen LogP contribution in [-0.4, -0.2) is 0 Å². The van der Waals surface area contributed by atoms with E-state index in [2.05, 4.69) is 182 Å². The Labute approximate surface area is 307 Å². The Morgan fingerprint density at radius 1 is 0.500 bits per heavy atom. The summed E-state index contributed by atoms with van der Waals surface area (Å²) in [4.78, 5) is 2.35. The third kappa shape index (κ3) is 5.25. The van der Waals surface area contributed by atoms with Crippen molar-refractivity contribution >= 4 is 70.5 Å². The summed E-state index contributed by atoms with van der Waals surface area (Å²) in [7, 11) is 0. The fourth-order valence-electron chi connectivity index (χ4n) is 7.90. The van der Waals surface area contributed by atoms with Gasteiger partial charge in [-0.25, -0.2) is 0 Å². The topological polar surface area (TPSA) is 16.4 Å². The van der Waals surface area contributed by atoms with E-state index in [0.29, 0.717) is 11.8 Å². The number of allylic oxidation sites excluding steroid dienone is 4. The monoisotopic (exact) mass is 685 g/mol. The van der Waals surface area contributed by atoms with Crippen molar-refractivity contribution in [3.8, 4) is 22.3 Å². The molecule has 3 heteroatoms. The maximum atomic E-state index is 6.20. The number of benzene rings is 7. The van der Waals surface area contributed by atoms with Crippen LogP contribution in [0.4, 0.5) is 17.1 Å². The average molecular weight is 686 g/mol. The minimum absolute atomic E-state index is 0.379. The fraction of sp³-hybridized carbons (Fsp3) is 0.0612. The van der Waals surface area contributed by atoms with Gasteiger partial charge in [-0.1, -0.05) is 134 Å². The Hall–Kier alpha value is -6.16. The van der Waals surface area contributed by atoms with E-state index in [1.807, 2.05) is 23.5 Å². The smallest absolute Gasteiger partial charge is 0.135 e. The number of anilines is 3. The highest BCUT2D eigenvalue weighted by Crippen LogP contribution is 2.42. The van der Waals surface area contributed by atoms with Crippen LogP contribution in [0.2, 0.25) is 0 Å². The minimum Gasteiger partial charge on any atom is -0.456 e. The number of nitrogens with zero attached hydrogens (tertiary/aromatic N) is 1. The van der Waals surface area contributed by atoms with Gasteiger partial charge in [0.1, 0.15) is 11.2 Å². The van der Waals surface area contributed by atoms with E-state index in [-0.39, 0.29) is 0 Å². The van der Waals surface area contributed by atoms with E-state index >= 15 is 0 Å². The van der Waals surface area contributed by atoms with Crippen molar-refractivity contribution in [1.82, 2.24) is 0 Å². The van der Waals surface area contributed by atoms with Gasteiger partial charge in [-0.15, -0.1) is 11.3 Å². The molecule has 0 saturated heterocycles. The molecular weight excluding hydrogens is 651 g/mol. The van der Waals surface area contributed by atoms with E-state index in [9.17, 15) is 0 Å². The SMILES string of the molecule is CC1C=CC=CC1c1ccc(N(c2ccc(-c3ccc(-c4cccc5c4sc4ccccc45)cc3)cc2)c2ccc3oc4ccccc4c3c2)cc1. The largest absolute Gasteiger partial charge is 0.456 e.